The molecule has 2 aromatic rings. The molecular weight excluding hydrogens is 553 g/mol. The summed E-state index contributed by atoms with van der Waals surface area (Å²) in [6.07, 6.45) is -2.95. The van der Waals surface area contributed by atoms with Crippen LogP contribution in [0.5, 0.6) is 0 Å². The average molecular weight is 601 g/mol. The topological polar surface area (TPSA) is 83.5 Å². The number of rotatable bonds is 10. The molecule has 0 aliphatic carbocycles. The van der Waals surface area contributed by atoms with Crippen LogP contribution in [0.4, 0.5) is 0 Å². The summed E-state index contributed by atoms with van der Waals surface area (Å²) in [6.45, 7) is 19.9. The summed E-state index contributed by atoms with van der Waals surface area (Å²) in [7, 11) is -5.24. The highest BCUT2D eigenvalue weighted by Gasteiger charge is 2.66. The van der Waals surface area contributed by atoms with E-state index in [2.05, 4.69) is 78.9 Å². The van der Waals surface area contributed by atoms with E-state index >= 15 is 0 Å². The van der Waals surface area contributed by atoms with Crippen LogP contribution in [0, 0.1) is 0 Å². The lowest BCUT2D eigenvalue weighted by molar-refractivity contribution is -0.213. The Morgan fingerprint density at radius 2 is 1.49 bits per heavy atom. The third kappa shape index (κ3) is 6.00. The van der Waals surface area contributed by atoms with Crippen LogP contribution >= 0.6 is 0 Å². The number of aliphatic hydroxyl groups is 1. The minimum Gasteiger partial charge on any atom is -0.462 e. The van der Waals surface area contributed by atoms with Gasteiger partial charge in [0.05, 0.1) is 25.4 Å². The molecule has 0 spiro atoms. The van der Waals surface area contributed by atoms with Crippen molar-refractivity contribution in [2.24, 2.45) is 0 Å². The largest absolute Gasteiger partial charge is 0.462 e. The van der Waals surface area contributed by atoms with Gasteiger partial charge in [0.15, 0.2) is 8.32 Å². The van der Waals surface area contributed by atoms with Crippen LogP contribution in [0.25, 0.3) is 0 Å². The fourth-order valence-corrected chi connectivity index (χ4v) is 11.4. The van der Waals surface area contributed by atoms with Gasteiger partial charge in [-0.15, -0.1) is 0 Å². The van der Waals surface area contributed by atoms with E-state index in [4.69, 9.17) is 23.1 Å². The van der Waals surface area contributed by atoms with E-state index in [1.54, 1.807) is 6.92 Å². The number of hydrogen-bond donors (Lipinski definition) is 1. The maximum absolute atomic E-state index is 13.0. The van der Waals surface area contributed by atoms with Crippen molar-refractivity contribution in [3.8, 4) is 0 Å². The summed E-state index contributed by atoms with van der Waals surface area (Å²) in [6, 6.07) is 20.8. The molecule has 2 aliphatic rings. The molecule has 0 amide bonds. The van der Waals surface area contributed by atoms with Crippen molar-refractivity contribution in [3.63, 3.8) is 0 Å². The van der Waals surface area contributed by atoms with Gasteiger partial charge in [0, 0.05) is 6.42 Å². The second-order valence-corrected chi connectivity index (χ2v) is 22.9. The minimum absolute atomic E-state index is 0.0212. The molecule has 2 fully saturated rings. The van der Waals surface area contributed by atoms with Crippen LogP contribution in [0.2, 0.25) is 23.2 Å². The summed E-state index contributed by atoms with van der Waals surface area (Å²) < 4.78 is 32.2. The van der Waals surface area contributed by atoms with Crippen LogP contribution in [-0.2, 0) is 27.9 Å². The molecule has 0 radical (unpaired) electrons. The van der Waals surface area contributed by atoms with E-state index in [0.29, 0.717) is 0 Å². The van der Waals surface area contributed by atoms with Crippen LogP contribution < -0.4 is 10.4 Å². The van der Waals surface area contributed by atoms with Gasteiger partial charge in [-0.05, 0) is 40.5 Å². The predicted molar refractivity (Wildman–Crippen MR) is 165 cm³/mol. The molecule has 2 saturated heterocycles. The molecule has 5 atom stereocenters. The normalized spacial score (nSPS) is 25.8. The van der Waals surface area contributed by atoms with Crippen molar-refractivity contribution < 1.29 is 33.0 Å². The lowest BCUT2D eigenvalue weighted by Gasteiger charge is -2.47. The Kier molecular flexibility index (Phi) is 9.13. The molecule has 0 unspecified atom stereocenters. The second kappa shape index (κ2) is 11.7. The number of fused-ring (bicyclic) bond motifs is 2. The fraction of sp³-hybridized carbons (Fsp3) is 0.594. The fourth-order valence-electron chi connectivity index (χ4n) is 5.72. The zero-order valence-corrected chi connectivity index (χ0v) is 28.1. The lowest BCUT2D eigenvalue weighted by Crippen LogP contribution is -2.69. The van der Waals surface area contributed by atoms with Crippen LogP contribution in [-0.4, -0.2) is 71.1 Å². The lowest BCUT2D eigenvalue weighted by atomic mass is 9.98. The Labute approximate surface area is 247 Å². The van der Waals surface area contributed by atoms with Gasteiger partial charge in [0.1, 0.15) is 12.2 Å². The molecule has 2 bridgehead atoms. The third-order valence-corrected chi connectivity index (χ3v) is 18.5. The van der Waals surface area contributed by atoms with Gasteiger partial charge in [-0.2, -0.15) is 0 Å². The molecule has 1 N–H and O–H groups in total. The van der Waals surface area contributed by atoms with E-state index in [1.807, 2.05) is 36.4 Å². The Morgan fingerprint density at radius 3 is 1.95 bits per heavy atom. The van der Waals surface area contributed by atoms with Crippen LogP contribution in [0.3, 0.4) is 0 Å². The SMILES string of the molecule is CCOC(=O)[C@]12C[C@@H](O)[C@H](O1)[C@H]([C@@H](CO[Si](C)(C)C(C)(C)C)O[Si](c1ccccc1)(c1ccccc1)C(C)(C)C)O2. The number of hydrogen-bond acceptors (Lipinski definition) is 7. The standard InChI is InChI=1S/C32H48O7Si2/c1-10-35-29(34)32-21-25(33)27(37-32)28(38-32)26(22-36-40(8,9)30(2,3)4)39-41(31(5,6)7,23-17-13-11-14-18-23)24-19-15-12-16-20-24/h11-20,25-28,33H,10,21-22H2,1-9H3/t25-,26-,27+,28+,32-/m1/s1. The van der Waals surface area contributed by atoms with Crippen molar-refractivity contribution in [1.82, 2.24) is 0 Å². The van der Waals surface area contributed by atoms with E-state index in [1.165, 1.54) is 0 Å². The van der Waals surface area contributed by atoms with Gasteiger partial charge in [-0.1, -0.05) is 102 Å². The Bertz CT molecular complexity index is 1140. The Morgan fingerprint density at radius 1 is 0.951 bits per heavy atom. The van der Waals surface area contributed by atoms with Gasteiger partial charge in [0.2, 0.25) is 0 Å². The van der Waals surface area contributed by atoms with Crippen molar-refractivity contribution in [2.75, 3.05) is 13.2 Å². The number of carbonyl (C=O) groups excluding carboxylic acids is 1. The number of carbonyl (C=O) groups is 1. The van der Waals surface area contributed by atoms with Gasteiger partial charge >= 0.3 is 5.97 Å². The highest BCUT2D eigenvalue weighted by molar-refractivity contribution is 6.99. The summed E-state index contributed by atoms with van der Waals surface area (Å²) in [5.74, 6) is -2.26. The predicted octanol–water partition coefficient (Wildman–Crippen LogP) is 4.76. The van der Waals surface area contributed by atoms with Gasteiger partial charge in [-0.25, -0.2) is 4.79 Å². The molecule has 2 heterocycles. The molecule has 226 valence electrons. The monoisotopic (exact) mass is 600 g/mol. The van der Waals surface area contributed by atoms with Crippen molar-refractivity contribution in [1.29, 1.82) is 0 Å². The number of ether oxygens (including phenoxy) is 3. The molecule has 0 aromatic heterocycles. The van der Waals surface area contributed by atoms with Crippen LogP contribution in [0.1, 0.15) is 54.9 Å². The molecule has 2 aliphatic heterocycles. The van der Waals surface area contributed by atoms with Crippen molar-refractivity contribution in [2.45, 2.75) is 108 Å². The molecule has 41 heavy (non-hydrogen) atoms. The molecular formula is C32H48O7Si2. The maximum atomic E-state index is 13.0. The van der Waals surface area contributed by atoms with Gasteiger partial charge in [0.25, 0.3) is 14.1 Å². The first kappa shape index (κ1) is 32.1. The van der Waals surface area contributed by atoms with Crippen molar-refractivity contribution in [3.05, 3.63) is 60.7 Å². The third-order valence-electron chi connectivity index (χ3n) is 8.95. The molecule has 2 aromatic carbocycles. The van der Waals surface area contributed by atoms with Crippen LogP contribution in [0.15, 0.2) is 60.7 Å². The smallest absolute Gasteiger partial charge is 0.366 e. The first-order valence-electron chi connectivity index (χ1n) is 14.7. The van der Waals surface area contributed by atoms with E-state index in [-0.39, 0.29) is 29.7 Å². The molecule has 0 saturated carbocycles. The minimum atomic E-state index is -3.04. The molecule has 9 heteroatoms. The second-order valence-electron chi connectivity index (χ2n) is 13.8. The van der Waals surface area contributed by atoms with E-state index in [9.17, 15) is 9.90 Å². The zero-order chi connectivity index (χ0) is 30.3. The van der Waals surface area contributed by atoms with Gasteiger partial charge in [-0.3, -0.25) is 0 Å². The first-order chi connectivity index (χ1) is 19.1. The molecule has 4 rings (SSSR count). The summed E-state index contributed by atoms with van der Waals surface area (Å²) in [5.41, 5.74) is 0. The van der Waals surface area contributed by atoms with E-state index in [0.717, 1.165) is 10.4 Å². The Balaban J connectivity index is 1.84. The van der Waals surface area contributed by atoms with E-state index < -0.39 is 52.8 Å². The summed E-state index contributed by atoms with van der Waals surface area (Å²) in [4.78, 5) is 13.0. The maximum Gasteiger partial charge on any atom is 0.366 e. The number of esters is 1. The zero-order valence-electron chi connectivity index (χ0n) is 26.1. The summed E-state index contributed by atoms with van der Waals surface area (Å²) in [5, 5.41) is 13.0. The first-order valence-corrected chi connectivity index (χ1v) is 19.5. The highest BCUT2D eigenvalue weighted by atomic mass is 28.4. The number of aliphatic hydroxyl groups excluding tert-OH is 1. The summed E-state index contributed by atoms with van der Waals surface area (Å²) >= 11 is 0. The quantitative estimate of drug-likeness (QED) is 0.311. The van der Waals surface area contributed by atoms with Crippen molar-refractivity contribution >= 4 is 33.0 Å². The van der Waals surface area contributed by atoms with Gasteiger partial charge < -0.3 is 28.2 Å². The average Bonchev–Trinajstić information content (AvgIpc) is 3.45. The highest BCUT2D eigenvalue weighted by Crippen LogP contribution is 2.47. The Hall–Kier alpha value is -1.86. The molecule has 7 nitrogen and oxygen atoms in total. The number of benzene rings is 2.